The predicted molar refractivity (Wildman–Crippen MR) is 99.1 cm³/mol. The van der Waals surface area contributed by atoms with Gasteiger partial charge < -0.3 is 4.74 Å². The Morgan fingerprint density at radius 1 is 1.38 bits per heavy atom. The van der Waals surface area contributed by atoms with E-state index >= 15 is 0 Å². The van der Waals surface area contributed by atoms with Gasteiger partial charge in [0.2, 0.25) is 5.72 Å². The Morgan fingerprint density at radius 2 is 2.23 bits per heavy atom. The minimum Gasteiger partial charge on any atom is -0.466 e. The van der Waals surface area contributed by atoms with Gasteiger partial charge in [0.1, 0.15) is 5.75 Å². The molecule has 26 heavy (non-hydrogen) atoms. The van der Waals surface area contributed by atoms with Crippen molar-refractivity contribution in [1.82, 2.24) is 14.3 Å². The third-order valence-electron chi connectivity index (χ3n) is 4.99. The minimum absolute atomic E-state index is 0.00126. The van der Waals surface area contributed by atoms with Gasteiger partial charge >= 0.3 is 0 Å². The van der Waals surface area contributed by atoms with Crippen molar-refractivity contribution in [3.05, 3.63) is 67.5 Å². The molecule has 0 N–H and O–H groups in total. The highest BCUT2D eigenvalue weighted by Crippen LogP contribution is 2.42. The van der Waals surface area contributed by atoms with E-state index in [4.69, 9.17) is 9.73 Å². The van der Waals surface area contributed by atoms with Gasteiger partial charge in [0, 0.05) is 24.7 Å². The van der Waals surface area contributed by atoms with E-state index in [-0.39, 0.29) is 11.6 Å². The molecule has 2 aliphatic heterocycles. The second-order valence-corrected chi connectivity index (χ2v) is 7.80. The summed E-state index contributed by atoms with van der Waals surface area (Å²) in [4.78, 5) is 18.7. The average molecular weight is 366 g/mol. The Balaban J connectivity index is 1.76. The summed E-state index contributed by atoms with van der Waals surface area (Å²) in [6.45, 7) is 4.78. The first-order chi connectivity index (χ1) is 12.6. The number of fused-ring (bicyclic) bond motifs is 6. The molecule has 0 radical (unpaired) electrons. The first-order valence-corrected chi connectivity index (χ1v) is 9.52. The van der Waals surface area contributed by atoms with Gasteiger partial charge in [-0.3, -0.25) is 14.0 Å². The molecule has 0 aliphatic carbocycles. The van der Waals surface area contributed by atoms with E-state index in [2.05, 4.69) is 5.10 Å². The van der Waals surface area contributed by atoms with Crippen molar-refractivity contribution in [2.24, 2.45) is 4.99 Å². The van der Waals surface area contributed by atoms with Gasteiger partial charge in [0.25, 0.3) is 5.56 Å². The molecular weight excluding hydrogens is 348 g/mol. The second kappa shape index (κ2) is 5.41. The summed E-state index contributed by atoms with van der Waals surface area (Å²) >= 11 is 1.42. The van der Waals surface area contributed by atoms with Crippen LogP contribution in [0.3, 0.4) is 0 Å². The molecule has 0 amide bonds. The van der Waals surface area contributed by atoms with E-state index in [0.29, 0.717) is 11.0 Å². The summed E-state index contributed by atoms with van der Waals surface area (Å²) in [6.07, 6.45) is 4.33. The third kappa shape index (κ3) is 2.20. The van der Waals surface area contributed by atoms with Crippen molar-refractivity contribution in [2.75, 3.05) is 0 Å². The molecule has 2 aromatic heterocycles. The van der Waals surface area contributed by atoms with Crippen LogP contribution in [0.4, 0.5) is 0 Å². The fourth-order valence-electron chi connectivity index (χ4n) is 3.80. The van der Waals surface area contributed by atoms with E-state index in [1.807, 2.05) is 59.5 Å². The Labute approximate surface area is 153 Å². The summed E-state index contributed by atoms with van der Waals surface area (Å²) < 4.78 is 10.5. The fourth-order valence-corrected chi connectivity index (χ4v) is 4.91. The molecule has 1 aromatic carbocycles. The molecular formula is C19H18N4O2S. The molecule has 0 saturated heterocycles. The van der Waals surface area contributed by atoms with Crippen molar-refractivity contribution in [3.63, 3.8) is 0 Å². The lowest BCUT2D eigenvalue weighted by atomic mass is 9.93. The Hall–Kier alpha value is -2.67. The number of hydrogen-bond acceptors (Lipinski definition) is 5. The van der Waals surface area contributed by atoms with Crippen molar-refractivity contribution in [3.8, 4) is 5.75 Å². The van der Waals surface area contributed by atoms with E-state index in [9.17, 15) is 4.79 Å². The van der Waals surface area contributed by atoms with Crippen molar-refractivity contribution < 1.29 is 4.74 Å². The van der Waals surface area contributed by atoms with Crippen LogP contribution >= 0.6 is 11.3 Å². The van der Waals surface area contributed by atoms with E-state index in [0.717, 1.165) is 28.4 Å². The van der Waals surface area contributed by atoms with Crippen LogP contribution in [0.25, 0.3) is 6.08 Å². The van der Waals surface area contributed by atoms with Crippen molar-refractivity contribution >= 4 is 17.4 Å². The first kappa shape index (κ1) is 15.6. The maximum absolute atomic E-state index is 13.2. The average Bonchev–Trinajstić information content (AvgIpc) is 3.19. The summed E-state index contributed by atoms with van der Waals surface area (Å²) in [7, 11) is 0. The number of para-hydroxylation sites is 1. The quantitative estimate of drug-likeness (QED) is 0.693. The molecule has 0 fully saturated rings. The van der Waals surface area contributed by atoms with Crippen LogP contribution in [0.15, 0.2) is 46.3 Å². The van der Waals surface area contributed by atoms with Gasteiger partial charge in [-0.1, -0.05) is 29.5 Å². The zero-order chi connectivity index (χ0) is 17.9. The van der Waals surface area contributed by atoms with Crippen LogP contribution in [-0.2, 0) is 6.54 Å². The molecule has 7 heteroatoms. The number of nitrogens with zero attached hydrogens (tertiary/aromatic N) is 4. The number of ether oxygens (including phenoxy) is 1. The molecule has 2 bridgehead atoms. The molecule has 6 nitrogen and oxygen atoms in total. The second-order valence-electron chi connectivity index (χ2n) is 6.79. The van der Waals surface area contributed by atoms with Gasteiger partial charge in [0.05, 0.1) is 16.3 Å². The molecule has 0 spiro atoms. The molecule has 3 aromatic rings. The van der Waals surface area contributed by atoms with E-state index < -0.39 is 5.72 Å². The summed E-state index contributed by atoms with van der Waals surface area (Å²) in [5, 5.41) is 4.27. The highest BCUT2D eigenvalue weighted by Gasteiger charge is 2.42. The molecule has 132 valence electrons. The number of benzene rings is 1. The van der Waals surface area contributed by atoms with Crippen LogP contribution < -0.4 is 19.6 Å². The SMILES string of the molecule is CCn1nccc1C=c1sc2n(c1=O)C1CC(C)(N=2)Oc2ccccc21. The van der Waals surface area contributed by atoms with Gasteiger partial charge in [-0.2, -0.15) is 5.10 Å². The van der Waals surface area contributed by atoms with Gasteiger partial charge in [0.15, 0.2) is 4.80 Å². The van der Waals surface area contributed by atoms with Crippen LogP contribution in [0.5, 0.6) is 5.75 Å². The normalized spacial score (nSPS) is 23.8. The maximum atomic E-state index is 13.2. The fraction of sp³-hybridized carbons (Fsp3) is 0.316. The Bertz CT molecular complexity index is 1190. The highest BCUT2D eigenvalue weighted by molar-refractivity contribution is 7.07. The Kier molecular flexibility index (Phi) is 3.24. The zero-order valence-electron chi connectivity index (χ0n) is 14.5. The summed E-state index contributed by atoms with van der Waals surface area (Å²) in [5.74, 6) is 0.813. The number of rotatable bonds is 2. The van der Waals surface area contributed by atoms with E-state index in [1.54, 1.807) is 6.20 Å². The van der Waals surface area contributed by atoms with Crippen LogP contribution in [0.1, 0.15) is 37.6 Å². The topological polar surface area (TPSA) is 61.4 Å². The molecule has 2 unspecified atom stereocenters. The van der Waals surface area contributed by atoms with Crippen LogP contribution in [-0.4, -0.2) is 20.1 Å². The molecule has 0 saturated carbocycles. The number of aryl methyl sites for hydroxylation is 1. The van der Waals surface area contributed by atoms with Crippen LogP contribution in [0, 0.1) is 0 Å². The van der Waals surface area contributed by atoms with Gasteiger partial charge in [-0.05, 0) is 32.1 Å². The number of aromatic nitrogens is 3. The largest absolute Gasteiger partial charge is 0.466 e. The lowest BCUT2D eigenvalue weighted by Gasteiger charge is -2.39. The first-order valence-electron chi connectivity index (χ1n) is 8.71. The Morgan fingerprint density at radius 3 is 3.08 bits per heavy atom. The third-order valence-corrected chi connectivity index (χ3v) is 5.97. The standard InChI is InChI=1S/C19H18N4O2S/c1-3-22-12(8-9-20-22)10-16-17(24)23-14-11-19(2,21-18(23)26-16)25-15-7-5-4-6-13(14)15/h4-10,14H,3,11H2,1-2H3. The minimum atomic E-state index is -0.626. The molecule has 2 atom stereocenters. The maximum Gasteiger partial charge on any atom is 0.270 e. The lowest BCUT2D eigenvalue weighted by molar-refractivity contribution is 0.0410. The smallest absolute Gasteiger partial charge is 0.270 e. The van der Waals surface area contributed by atoms with E-state index in [1.165, 1.54) is 11.3 Å². The van der Waals surface area contributed by atoms with Gasteiger partial charge in [-0.15, -0.1) is 0 Å². The lowest BCUT2D eigenvalue weighted by Crippen LogP contribution is -2.49. The number of thiazole rings is 1. The van der Waals surface area contributed by atoms with Gasteiger partial charge in [-0.25, -0.2) is 4.99 Å². The molecule has 2 aliphatic rings. The predicted octanol–water partition coefficient (Wildman–Crippen LogP) is 1.68. The highest BCUT2D eigenvalue weighted by atomic mass is 32.1. The monoisotopic (exact) mass is 366 g/mol. The number of hydrogen-bond donors (Lipinski definition) is 0. The van der Waals surface area contributed by atoms with Crippen molar-refractivity contribution in [1.29, 1.82) is 0 Å². The molecule has 4 heterocycles. The summed E-state index contributed by atoms with van der Waals surface area (Å²) in [6, 6.07) is 9.80. The molecule has 5 rings (SSSR count). The summed E-state index contributed by atoms with van der Waals surface area (Å²) in [5.41, 5.74) is 1.35. The van der Waals surface area contributed by atoms with Crippen LogP contribution in [0.2, 0.25) is 0 Å². The van der Waals surface area contributed by atoms with Crippen molar-refractivity contribution in [2.45, 2.75) is 38.6 Å². The zero-order valence-corrected chi connectivity index (χ0v) is 15.4.